The summed E-state index contributed by atoms with van der Waals surface area (Å²) in [5, 5.41) is 6.16. The summed E-state index contributed by atoms with van der Waals surface area (Å²) in [5.41, 5.74) is 1.91. The number of hydrogen-bond acceptors (Lipinski definition) is 7. The molecule has 11 heteroatoms. The van der Waals surface area contributed by atoms with Gasteiger partial charge in [0.15, 0.2) is 0 Å². The Morgan fingerprint density at radius 1 is 1.03 bits per heavy atom. The third kappa shape index (κ3) is 5.83. The molecule has 4 aromatic rings. The highest BCUT2D eigenvalue weighted by Crippen LogP contribution is 2.32. The molecule has 8 nitrogen and oxygen atoms in total. The number of benzene rings is 2. The Hall–Kier alpha value is -4.51. The number of alkyl halides is 1. The van der Waals surface area contributed by atoms with Gasteiger partial charge in [0.05, 0.1) is 11.2 Å². The molecule has 0 aliphatic carbocycles. The van der Waals surface area contributed by atoms with Gasteiger partial charge < -0.3 is 15.5 Å². The van der Waals surface area contributed by atoms with E-state index in [2.05, 4.69) is 32.2 Å². The second-order valence-electron chi connectivity index (χ2n) is 8.99. The van der Waals surface area contributed by atoms with Gasteiger partial charge >= 0.3 is 0 Å². The van der Waals surface area contributed by atoms with Crippen LogP contribution in [-0.2, 0) is 4.79 Å². The molecule has 0 radical (unpaired) electrons. The first-order valence-electron chi connectivity index (χ1n) is 12.4. The predicted molar refractivity (Wildman–Crippen MR) is 146 cm³/mol. The predicted octanol–water partition coefficient (Wildman–Crippen LogP) is 4.93. The van der Waals surface area contributed by atoms with Gasteiger partial charge in [-0.05, 0) is 54.1 Å². The summed E-state index contributed by atoms with van der Waals surface area (Å²) in [6, 6.07) is 10.8. The molecule has 2 N–H and O–H groups in total. The molecule has 1 amide bonds. The van der Waals surface area contributed by atoms with Crippen LogP contribution in [0.3, 0.4) is 0 Å². The summed E-state index contributed by atoms with van der Waals surface area (Å²) in [5.74, 6) is -0.959. The smallest absolute Gasteiger partial charge is 0.248 e. The van der Waals surface area contributed by atoms with Crippen LogP contribution in [0.5, 0.6) is 0 Å². The summed E-state index contributed by atoms with van der Waals surface area (Å²) >= 11 is 0. The van der Waals surface area contributed by atoms with Crippen molar-refractivity contribution in [1.29, 1.82) is 0 Å². The van der Waals surface area contributed by atoms with Crippen molar-refractivity contribution in [3.63, 3.8) is 0 Å². The Labute approximate surface area is 223 Å². The lowest BCUT2D eigenvalue weighted by Gasteiger charge is -2.35. The normalized spacial score (nSPS) is 13.9. The monoisotopic (exact) mass is 533 g/mol. The SMILES string of the molecule is C=CC(=O)Nc1cc(-c2c(F)ccc3cnc(Nc4ccc(N5CCN(CCF)CC5)c(F)c4)nc23)ccn1. The van der Waals surface area contributed by atoms with E-state index in [1.54, 1.807) is 36.5 Å². The molecule has 1 fully saturated rings. The minimum absolute atomic E-state index is 0.163. The molecular weight excluding hydrogens is 507 g/mol. The van der Waals surface area contributed by atoms with Crippen LogP contribution in [0.25, 0.3) is 22.0 Å². The Balaban J connectivity index is 1.40. The molecule has 0 spiro atoms. The van der Waals surface area contributed by atoms with Crippen LogP contribution in [0.1, 0.15) is 0 Å². The van der Waals surface area contributed by atoms with Gasteiger partial charge in [-0.15, -0.1) is 0 Å². The number of carbonyl (C=O) groups is 1. The van der Waals surface area contributed by atoms with Crippen LogP contribution in [0.2, 0.25) is 0 Å². The van der Waals surface area contributed by atoms with Gasteiger partial charge in [0, 0.05) is 61.8 Å². The standard InChI is InChI=1S/C28H26F3N7O/c1-2-25(39)35-24-15-18(7-9-32-24)26-21(30)5-3-19-17-33-28(36-27(19)26)34-20-4-6-23(22(31)16-20)38-13-11-37(10-8-29)12-14-38/h2-7,9,15-17H,1,8,10-14H2,(H,32,35,39)(H,33,34,36). The lowest BCUT2D eigenvalue weighted by Crippen LogP contribution is -2.47. The lowest BCUT2D eigenvalue weighted by molar-refractivity contribution is -0.111. The van der Waals surface area contributed by atoms with E-state index < -0.39 is 24.2 Å². The van der Waals surface area contributed by atoms with Crippen LogP contribution < -0.4 is 15.5 Å². The lowest BCUT2D eigenvalue weighted by atomic mass is 10.0. The van der Waals surface area contributed by atoms with E-state index in [-0.39, 0.29) is 17.3 Å². The van der Waals surface area contributed by atoms with E-state index in [1.807, 2.05) is 9.80 Å². The van der Waals surface area contributed by atoms with Gasteiger partial charge in [-0.1, -0.05) is 6.58 Å². The van der Waals surface area contributed by atoms with Crippen LogP contribution >= 0.6 is 0 Å². The number of anilines is 4. The molecular formula is C28H26F3N7O. The van der Waals surface area contributed by atoms with Gasteiger partial charge in [-0.2, -0.15) is 0 Å². The van der Waals surface area contributed by atoms with E-state index in [9.17, 15) is 9.18 Å². The van der Waals surface area contributed by atoms with Crippen LogP contribution in [-0.4, -0.2) is 65.2 Å². The summed E-state index contributed by atoms with van der Waals surface area (Å²) in [7, 11) is 0. The molecule has 3 heterocycles. The number of pyridine rings is 1. The number of nitrogens with one attached hydrogen (secondary N) is 2. The van der Waals surface area contributed by atoms with Crippen LogP contribution in [0.4, 0.5) is 36.3 Å². The van der Waals surface area contributed by atoms with Gasteiger partial charge in [0.25, 0.3) is 0 Å². The average molecular weight is 534 g/mol. The summed E-state index contributed by atoms with van der Waals surface area (Å²) < 4.78 is 42.7. The molecule has 0 unspecified atom stereocenters. The number of amides is 1. The van der Waals surface area contributed by atoms with Crippen molar-refractivity contribution in [2.75, 3.05) is 54.9 Å². The van der Waals surface area contributed by atoms with Crippen molar-refractivity contribution in [3.05, 3.63) is 79.1 Å². The average Bonchev–Trinajstić information content (AvgIpc) is 2.94. The third-order valence-electron chi connectivity index (χ3n) is 6.50. The number of aromatic nitrogens is 3. The molecule has 200 valence electrons. The first-order valence-corrected chi connectivity index (χ1v) is 12.4. The van der Waals surface area contributed by atoms with E-state index in [1.165, 1.54) is 18.3 Å². The topological polar surface area (TPSA) is 86.3 Å². The summed E-state index contributed by atoms with van der Waals surface area (Å²) in [4.78, 5) is 28.6. The highest BCUT2D eigenvalue weighted by Gasteiger charge is 2.20. The fraction of sp³-hybridized carbons (Fsp3) is 0.214. The molecule has 1 saturated heterocycles. The summed E-state index contributed by atoms with van der Waals surface area (Å²) in [6.45, 7) is 5.99. The zero-order valence-electron chi connectivity index (χ0n) is 21.0. The fourth-order valence-corrected chi connectivity index (χ4v) is 4.54. The van der Waals surface area contributed by atoms with Gasteiger partial charge in [-0.3, -0.25) is 9.69 Å². The molecule has 0 bridgehead atoms. The summed E-state index contributed by atoms with van der Waals surface area (Å²) in [6.07, 6.45) is 4.12. The minimum Gasteiger partial charge on any atom is -0.367 e. The minimum atomic E-state index is -0.513. The van der Waals surface area contributed by atoms with Crippen molar-refractivity contribution >= 4 is 40.0 Å². The number of piperazine rings is 1. The zero-order chi connectivity index (χ0) is 27.4. The second kappa shape index (κ2) is 11.5. The molecule has 0 saturated carbocycles. The number of carbonyl (C=O) groups excluding carboxylic acids is 1. The van der Waals surface area contributed by atoms with Gasteiger partial charge in [0.1, 0.15) is 24.1 Å². The van der Waals surface area contributed by atoms with Crippen molar-refractivity contribution in [2.24, 2.45) is 0 Å². The molecule has 2 aromatic heterocycles. The van der Waals surface area contributed by atoms with Crippen LogP contribution in [0, 0.1) is 11.6 Å². The van der Waals surface area contributed by atoms with Gasteiger partial charge in [-0.25, -0.2) is 28.1 Å². The molecule has 5 rings (SSSR count). The second-order valence-corrected chi connectivity index (χ2v) is 8.99. The highest BCUT2D eigenvalue weighted by molar-refractivity contribution is 5.99. The van der Waals surface area contributed by atoms with Crippen molar-refractivity contribution in [2.45, 2.75) is 0 Å². The number of hydrogen-bond donors (Lipinski definition) is 2. The van der Waals surface area contributed by atoms with Gasteiger partial charge in [0.2, 0.25) is 11.9 Å². The maximum absolute atomic E-state index is 15.1. The van der Waals surface area contributed by atoms with E-state index in [4.69, 9.17) is 0 Å². The van der Waals surface area contributed by atoms with Crippen molar-refractivity contribution in [1.82, 2.24) is 19.9 Å². The maximum Gasteiger partial charge on any atom is 0.248 e. The number of halogens is 3. The molecule has 1 aliphatic rings. The molecule has 39 heavy (non-hydrogen) atoms. The highest BCUT2D eigenvalue weighted by atomic mass is 19.1. The first-order chi connectivity index (χ1) is 18.9. The van der Waals surface area contributed by atoms with E-state index in [0.29, 0.717) is 60.6 Å². The maximum atomic E-state index is 15.1. The zero-order valence-corrected chi connectivity index (χ0v) is 21.0. The van der Waals surface area contributed by atoms with E-state index in [0.717, 1.165) is 6.08 Å². The Morgan fingerprint density at radius 2 is 1.85 bits per heavy atom. The number of rotatable bonds is 8. The fourth-order valence-electron chi connectivity index (χ4n) is 4.54. The first kappa shape index (κ1) is 26.1. The van der Waals surface area contributed by atoms with Crippen molar-refractivity contribution < 1.29 is 18.0 Å². The Morgan fingerprint density at radius 3 is 2.59 bits per heavy atom. The van der Waals surface area contributed by atoms with Crippen molar-refractivity contribution in [3.8, 4) is 11.1 Å². The Bertz CT molecular complexity index is 1520. The molecule has 2 aromatic carbocycles. The van der Waals surface area contributed by atoms with E-state index >= 15 is 8.78 Å². The Kier molecular flexibility index (Phi) is 7.69. The molecule has 0 atom stereocenters. The number of fused-ring (bicyclic) bond motifs is 1. The molecule has 1 aliphatic heterocycles. The number of nitrogens with zero attached hydrogens (tertiary/aromatic N) is 5. The quantitative estimate of drug-likeness (QED) is 0.311. The van der Waals surface area contributed by atoms with Crippen LogP contribution in [0.15, 0.2) is 67.5 Å². The largest absolute Gasteiger partial charge is 0.367 e. The third-order valence-corrected chi connectivity index (χ3v) is 6.50.